The second kappa shape index (κ2) is 14.4. The summed E-state index contributed by atoms with van der Waals surface area (Å²) in [6.45, 7) is 17.4. The maximum atomic E-state index is 14.5. The van der Waals surface area contributed by atoms with Gasteiger partial charge < -0.3 is 20.4 Å². The SMILES string of the molecule is C=C/C=C(\C=C)[C@H](NC(=C)C1CCCN1C)c1ccc(C2CC2)c(F)n1.C=CCn1cc([N-]C)[nH]1.[Na+]. The van der Waals surface area contributed by atoms with E-state index >= 15 is 0 Å². The zero-order valence-corrected chi connectivity index (χ0v) is 24.0. The van der Waals surface area contributed by atoms with Crippen LogP contribution in [0.5, 0.6) is 0 Å². The molecule has 1 saturated carbocycles. The number of hydrogen-bond donors (Lipinski definition) is 2. The fourth-order valence-electron chi connectivity index (χ4n) is 4.33. The Hall–Kier alpha value is -2.32. The van der Waals surface area contributed by atoms with E-state index in [0.717, 1.165) is 61.4 Å². The number of likely N-dealkylation sites (tertiary alicyclic amines) is 1. The first kappa shape index (κ1) is 29.9. The second-order valence-electron chi connectivity index (χ2n) is 9.03. The molecular formula is C28H38FN6Na. The maximum absolute atomic E-state index is 14.5. The number of halogens is 1. The smallest absolute Gasteiger partial charge is 0.467 e. The van der Waals surface area contributed by atoms with Crippen LogP contribution in [-0.2, 0) is 6.54 Å². The summed E-state index contributed by atoms with van der Waals surface area (Å²) < 4.78 is 16.4. The van der Waals surface area contributed by atoms with E-state index in [-0.39, 0.29) is 47.6 Å². The van der Waals surface area contributed by atoms with E-state index in [0.29, 0.717) is 11.6 Å². The first-order valence-corrected chi connectivity index (χ1v) is 12.1. The molecule has 2 aromatic heterocycles. The quantitative estimate of drug-likeness (QED) is 0.216. The summed E-state index contributed by atoms with van der Waals surface area (Å²) >= 11 is 0. The molecule has 0 bridgehead atoms. The number of likely N-dealkylation sites (N-methyl/N-ethyl adjacent to an activating group) is 1. The summed E-state index contributed by atoms with van der Waals surface area (Å²) in [6, 6.07) is 3.78. The zero-order valence-electron chi connectivity index (χ0n) is 22.0. The first-order chi connectivity index (χ1) is 16.9. The van der Waals surface area contributed by atoms with E-state index in [1.54, 1.807) is 19.2 Å². The number of hydrogen-bond acceptors (Lipinski definition) is 3. The Balaban J connectivity index is 0.000000386. The number of rotatable bonds is 11. The van der Waals surface area contributed by atoms with E-state index in [2.05, 4.69) is 59.0 Å². The van der Waals surface area contributed by atoms with Crippen molar-refractivity contribution < 1.29 is 33.9 Å². The number of pyridine rings is 1. The summed E-state index contributed by atoms with van der Waals surface area (Å²) in [4.78, 5) is 6.57. The molecule has 0 radical (unpaired) electrons. The largest absolute Gasteiger partial charge is 1.00 e. The van der Waals surface area contributed by atoms with Gasteiger partial charge in [-0.3, -0.25) is 4.90 Å². The number of aromatic nitrogens is 3. The fraction of sp³-hybridized carbons (Fsp3) is 0.393. The van der Waals surface area contributed by atoms with E-state index in [4.69, 9.17) is 0 Å². The van der Waals surface area contributed by atoms with Crippen LogP contribution in [0.15, 0.2) is 80.2 Å². The van der Waals surface area contributed by atoms with E-state index in [1.165, 1.54) is 0 Å². The van der Waals surface area contributed by atoms with E-state index in [9.17, 15) is 4.39 Å². The molecule has 3 heterocycles. The zero-order chi connectivity index (χ0) is 25.4. The molecule has 1 unspecified atom stereocenters. The molecule has 0 amide bonds. The molecule has 2 atom stereocenters. The molecule has 2 aromatic rings. The fourth-order valence-corrected chi connectivity index (χ4v) is 4.33. The van der Waals surface area contributed by atoms with Crippen molar-refractivity contribution in [3.8, 4) is 0 Å². The van der Waals surface area contributed by atoms with E-state index in [1.807, 2.05) is 35.2 Å². The average Bonchev–Trinajstić information content (AvgIpc) is 3.57. The van der Waals surface area contributed by atoms with Gasteiger partial charge in [0.05, 0.1) is 11.7 Å². The van der Waals surface area contributed by atoms with Gasteiger partial charge in [0, 0.05) is 30.0 Å². The standard InChI is InChI=1S/C22H28FN3.C6H10N3.Na/c1-5-8-16(6-2)21(24-15(3)20-9-7-14-26(20)4)19-13-12-18(17-10-11-17)22(23)25-19;1-3-4-9-5-6(7-2)8-9;/h5-6,8,12-13,17,20-21,24H,1-3,7,9-11,14H2,4H3;3,5,8H,1,4H2,2H3;/q;-1;+1/b16-8+;;/t20?,21-;;/m0../s1. The molecule has 4 rings (SSSR count). The third-order valence-corrected chi connectivity index (χ3v) is 6.45. The summed E-state index contributed by atoms with van der Waals surface area (Å²) in [6.07, 6.45) is 13.5. The first-order valence-electron chi connectivity index (χ1n) is 12.1. The van der Waals surface area contributed by atoms with Gasteiger partial charge in [-0.15, -0.1) is 6.58 Å². The van der Waals surface area contributed by atoms with Crippen molar-refractivity contribution in [1.82, 2.24) is 25.0 Å². The van der Waals surface area contributed by atoms with Gasteiger partial charge in [0.25, 0.3) is 0 Å². The molecule has 1 aliphatic carbocycles. The van der Waals surface area contributed by atoms with Gasteiger partial charge in [0.2, 0.25) is 5.95 Å². The molecular weight excluding hydrogens is 462 g/mol. The van der Waals surface area contributed by atoms with Crippen LogP contribution in [0.25, 0.3) is 5.32 Å². The molecule has 36 heavy (non-hydrogen) atoms. The summed E-state index contributed by atoms with van der Waals surface area (Å²) in [5, 5.41) is 10.4. The summed E-state index contributed by atoms with van der Waals surface area (Å²) in [5.74, 6) is 0.909. The number of aromatic amines is 1. The van der Waals surface area contributed by atoms with Gasteiger partial charge in [-0.05, 0) is 62.7 Å². The molecule has 1 saturated heterocycles. The van der Waals surface area contributed by atoms with Crippen molar-refractivity contribution in [2.24, 2.45) is 0 Å². The third-order valence-electron chi connectivity index (χ3n) is 6.45. The molecule has 8 heteroatoms. The molecule has 0 spiro atoms. The topological polar surface area (TPSA) is 63.0 Å². The molecule has 0 aromatic carbocycles. The molecule has 1 aliphatic heterocycles. The Morgan fingerprint density at radius 3 is 2.53 bits per heavy atom. The van der Waals surface area contributed by atoms with Crippen LogP contribution in [0, 0.1) is 5.95 Å². The monoisotopic (exact) mass is 500 g/mol. The van der Waals surface area contributed by atoms with Crippen molar-refractivity contribution in [3.05, 3.63) is 103 Å². The Morgan fingerprint density at radius 2 is 2.03 bits per heavy atom. The van der Waals surface area contributed by atoms with Crippen molar-refractivity contribution in [3.63, 3.8) is 0 Å². The maximum Gasteiger partial charge on any atom is 1.00 e. The Bertz CT molecular complexity index is 1050. The minimum Gasteiger partial charge on any atom is -0.467 e. The second-order valence-corrected chi connectivity index (χ2v) is 9.03. The van der Waals surface area contributed by atoms with Gasteiger partial charge >= 0.3 is 29.6 Å². The summed E-state index contributed by atoms with van der Waals surface area (Å²) in [5.41, 5.74) is 3.20. The van der Waals surface area contributed by atoms with Gasteiger partial charge in [-0.1, -0.05) is 57.2 Å². The van der Waals surface area contributed by atoms with Crippen LogP contribution in [0.1, 0.15) is 48.9 Å². The van der Waals surface area contributed by atoms with Gasteiger partial charge in [0.15, 0.2) is 0 Å². The number of nitrogens with zero attached hydrogens (tertiary/aromatic N) is 4. The van der Waals surface area contributed by atoms with Crippen molar-refractivity contribution >= 4 is 5.82 Å². The van der Waals surface area contributed by atoms with E-state index < -0.39 is 0 Å². The predicted octanol–water partition coefficient (Wildman–Crippen LogP) is 3.28. The third kappa shape index (κ3) is 7.84. The number of nitrogens with one attached hydrogen (secondary N) is 2. The van der Waals surface area contributed by atoms with Crippen LogP contribution in [0.2, 0.25) is 0 Å². The van der Waals surface area contributed by atoms with Crippen molar-refractivity contribution in [2.45, 2.75) is 50.2 Å². The van der Waals surface area contributed by atoms with Gasteiger partial charge in [-0.2, -0.15) is 4.39 Å². The molecule has 2 fully saturated rings. The molecule has 2 aliphatic rings. The van der Waals surface area contributed by atoms with Crippen molar-refractivity contribution in [2.75, 3.05) is 20.6 Å². The normalized spacial score (nSPS) is 18.3. The Morgan fingerprint density at radius 1 is 1.31 bits per heavy atom. The predicted molar refractivity (Wildman–Crippen MR) is 143 cm³/mol. The Labute approximate surface area is 237 Å². The van der Waals surface area contributed by atoms with Crippen LogP contribution >= 0.6 is 0 Å². The van der Waals surface area contributed by atoms with Crippen LogP contribution in [0.4, 0.5) is 10.2 Å². The van der Waals surface area contributed by atoms with Crippen molar-refractivity contribution in [1.29, 1.82) is 0 Å². The van der Waals surface area contributed by atoms with Crippen LogP contribution in [-0.4, -0.2) is 46.3 Å². The molecule has 6 nitrogen and oxygen atoms in total. The van der Waals surface area contributed by atoms with Gasteiger partial charge in [0.1, 0.15) is 0 Å². The van der Waals surface area contributed by atoms with Crippen LogP contribution in [0.3, 0.4) is 0 Å². The molecule has 2 N–H and O–H groups in total. The van der Waals surface area contributed by atoms with Crippen LogP contribution < -0.4 is 34.9 Å². The van der Waals surface area contributed by atoms with Gasteiger partial charge in [-0.25, -0.2) is 4.98 Å². The number of allylic oxidation sites excluding steroid dienone is 3. The number of H-pyrrole nitrogens is 1. The summed E-state index contributed by atoms with van der Waals surface area (Å²) in [7, 11) is 3.86. The average molecular weight is 501 g/mol. The minimum atomic E-state index is -0.359. The Kier molecular flexibility index (Phi) is 12.0. The molecule has 188 valence electrons. The minimum absolute atomic E-state index is 0.